The maximum atomic E-state index is 13.8. The average molecular weight is 459 g/mol. The topological polar surface area (TPSA) is 72.8 Å². The molecule has 0 unspecified atom stereocenters. The maximum absolute atomic E-state index is 13.8. The van der Waals surface area contributed by atoms with E-state index in [1.54, 1.807) is 18.2 Å². The van der Waals surface area contributed by atoms with Crippen LogP contribution in [0, 0.1) is 30.0 Å². The molecule has 2 aromatic heterocycles. The monoisotopic (exact) mass is 458 g/mol. The van der Waals surface area contributed by atoms with Crippen LogP contribution in [0.25, 0.3) is 21.3 Å². The number of halogens is 1. The van der Waals surface area contributed by atoms with E-state index in [0.717, 1.165) is 44.8 Å². The Morgan fingerprint density at radius 2 is 2.15 bits per heavy atom. The molecule has 2 aromatic carbocycles. The third kappa shape index (κ3) is 4.53. The minimum atomic E-state index is -0.267. The Hall–Kier alpha value is -3.50. The molecule has 1 aliphatic rings. The normalized spacial score (nSPS) is 13.2. The number of benzene rings is 2. The van der Waals surface area contributed by atoms with E-state index in [4.69, 9.17) is 0 Å². The van der Waals surface area contributed by atoms with E-state index >= 15 is 0 Å². The molecule has 0 bridgehead atoms. The molecule has 1 fully saturated rings. The first kappa shape index (κ1) is 21.4. The number of aryl methyl sites for hydroxylation is 1. The highest BCUT2D eigenvalue weighted by molar-refractivity contribution is 7.15. The molecule has 0 aliphatic heterocycles. The molecule has 1 aliphatic carbocycles. The number of carbonyl (C=O) groups is 1. The van der Waals surface area contributed by atoms with Crippen molar-refractivity contribution in [2.24, 2.45) is 5.92 Å². The van der Waals surface area contributed by atoms with E-state index in [1.807, 2.05) is 30.2 Å². The Morgan fingerprint density at radius 3 is 2.94 bits per heavy atom. The number of nitrogens with one attached hydrogen (secondary N) is 1. The lowest BCUT2D eigenvalue weighted by Gasteiger charge is -2.22. The smallest absolute Gasteiger partial charge is 0.274 e. The van der Waals surface area contributed by atoms with Crippen molar-refractivity contribution in [1.82, 2.24) is 14.9 Å². The van der Waals surface area contributed by atoms with Crippen LogP contribution in [0.1, 0.15) is 39.5 Å². The first-order chi connectivity index (χ1) is 16.0. The number of amides is 1. The summed E-state index contributed by atoms with van der Waals surface area (Å²) in [4.78, 5) is 24.1. The van der Waals surface area contributed by atoms with Crippen molar-refractivity contribution < 1.29 is 9.18 Å². The van der Waals surface area contributed by atoms with Crippen molar-refractivity contribution in [3.05, 3.63) is 76.3 Å². The summed E-state index contributed by atoms with van der Waals surface area (Å²) in [6.45, 7) is 3.13. The number of aromatic amines is 1. The number of thiazole rings is 1. The van der Waals surface area contributed by atoms with Gasteiger partial charge in [-0.2, -0.15) is 5.26 Å². The van der Waals surface area contributed by atoms with Gasteiger partial charge in [-0.1, -0.05) is 12.1 Å². The predicted octanol–water partition coefficient (Wildman–Crippen LogP) is 5.71. The molecule has 5 rings (SSSR count). The number of fused-ring (bicyclic) bond motifs is 1. The molecule has 0 radical (unpaired) electrons. The van der Waals surface area contributed by atoms with Gasteiger partial charge in [0.1, 0.15) is 11.5 Å². The molecule has 0 saturated heterocycles. The summed E-state index contributed by atoms with van der Waals surface area (Å²) in [6.07, 6.45) is 4.80. The van der Waals surface area contributed by atoms with Crippen LogP contribution in [0.5, 0.6) is 0 Å². The number of carbonyl (C=O) groups excluding carboxylic acids is 1. The Balaban J connectivity index is 1.43. The number of H-pyrrole nitrogens is 1. The molecule has 0 spiro atoms. The van der Waals surface area contributed by atoms with Crippen LogP contribution in [-0.2, 0) is 6.42 Å². The van der Waals surface area contributed by atoms with E-state index < -0.39 is 0 Å². The average Bonchev–Trinajstić information content (AvgIpc) is 3.43. The fourth-order valence-electron chi connectivity index (χ4n) is 4.15. The molecule has 1 amide bonds. The fourth-order valence-corrected chi connectivity index (χ4v) is 5.05. The van der Waals surface area contributed by atoms with Gasteiger partial charge >= 0.3 is 0 Å². The molecular weight excluding hydrogens is 435 g/mol. The van der Waals surface area contributed by atoms with E-state index in [2.05, 4.69) is 16.0 Å². The van der Waals surface area contributed by atoms with E-state index in [0.29, 0.717) is 36.7 Å². The summed E-state index contributed by atoms with van der Waals surface area (Å²) in [5, 5.41) is 10.9. The van der Waals surface area contributed by atoms with Gasteiger partial charge in [-0.15, -0.1) is 11.3 Å². The molecule has 1 saturated carbocycles. The summed E-state index contributed by atoms with van der Waals surface area (Å²) >= 11 is 1.47. The lowest BCUT2D eigenvalue weighted by molar-refractivity contribution is 0.0745. The molecule has 4 aromatic rings. The lowest BCUT2D eigenvalue weighted by Crippen LogP contribution is -2.35. The van der Waals surface area contributed by atoms with Gasteiger partial charge < -0.3 is 9.88 Å². The quantitative estimate of drug-likeness (QED) is 0.386. The first-order valence-corrected chi connectivity index (χ1v) is 11.9. The van der Waals surface area contributed by atoms with Crippen LogP contribution in [0.15, 0.2) is 48.7 Å². The summed E-state index contributed by atoms with van der Waals surface area (Å²) in [5.74, 6) is 0.172. The van der Waals surface area contributed by atoms with Crippen molar-refractivity contribution in [3.63, 3.8) is 0 Å². The van der Waals surface area contributed by atoms with Crippen LogP contribution >= 0.6 is 11.3 Å². The molecule has 5 nitrogen and oxygen atoms in total. The van der Waals surface area contributed by atoms with Gasteiger partial charge in [0.2, 0.25) is 0 Å². The summed E-state index contributed by atoms with van der Waals surface area (Å²) < 4.78 is 13.8. The summed E-state index contributed by atoms with van der Waals surface area (Å²) in [5.41, 5.74) is 3.72. The molecule has 33 heavy (non-hydrogen) atoms. The van der Waals surface area contributed by atoms with Gasteiger partial charge in [0.25, 0.3) is 5.91 Å². The molecule has 0 atom stereocenters. The van der Waals surface area contributed by atoms with Crippen LogP contribution in [-0.4, -0.2) is 33.9 Å². The molecule has 1 N–H and O–H groups in total. The van der Waals surface area contributed by atoms with Gasteiger partial charge in [-0.05, 0) is 73.6 Å². The molecule has 166 valence electrons. The van der Waals surface area contributed by atoms with Gasteiger partial charge in [0, 0.05) is 30.2 Å². The maximum Gasteiger partial charge on any atom is 0.274 e. The second kappa shape index (κ2) is 8.80. The summed E-state index contributed by atoms with van der Waals surface area (Å²) in [6, 6.07) is 14.2. The second-order valence-corrected chi connectivity index (χ2v) is 9.75. The fraction of sp³-hybridized carbons (Fsp3) is 0.269. The number of nitrogens with zero attached hydrogens (tertiary/aromatic N) is 3. The van der Waals surface area contributed by atoms with Gasteiger partial charge in [-0.3, -0.25) is 4.79 Å². The highest BCUT2D eigenvalue weighted by atomic mass is 32.1. The third-order valence-corrected chi connectivity index (χ3v) is 7.05. The van der Waals surface area contributed by atoms with E-state index in [9.17, 15) is 14.4 Å². The Kier molecular flexibility index (Phi) is 5.69. The van der Waals surface area contributed by atoms with Crippen LogP contribution in [0.3, 0.4) is 0 Å². The Morgan fingerprint density at radius 1 is 1.30 bits per heavy atom. The number of nitriles is 1. The van der Waals surface area contributed by atoms with Crippen molar-refractivity contribution in [2.75, 3.05) is 13.1 Å². The highest BCUT2D eigenvalue weighted by Gasteiger charge is 2.30. The second-order valence-electron chi connectivity index (χ2n) is 8.55. The molecule has 7 heteroatoms. The highest BCUT2D eigenvalue weighted by Crippen LogP contribution is 2.34. The van der Waals surface area contributed by atoms with E-state index in [-0.39, 0.29) is 11.7 Å². The van der Waals surface area contributed by atoms with Gasteiger partial charge in [-0.25, -0.2) is 9.37 Å². The van der Waals surface area contributed by atoms with Gasteiger partial charge in [0.15, 0.2) is 0 Å². The van der Waals surface area contributed by atoms with Crippen molar-refractivity contribution in [3.8, 4) is 16.5 Å². The minimum absolute atomic E-state index is 0.0883. The zero-order valence-corrected chi connectivity index (χ0v) is 19.1. The largest absolute Gasteiger partial charge is 0.361 e. The lowest BCUT2D eigenvalue weighted by atomic mass is 10.1. The standard InChI is InChI=1S/C26H23FN4OS/c1-16-30-24(25(33-16)19-4-2-3-18(11-19)13-28)26(32)31(15-17-5-6-17)10-9-20-14-29-23-8-7-21(27)12-22(20)23/h2-4,7-8,11-12,14,17,29H,5-6,9-10,15H2,1H3. The zero-order valence-electron chi connectivity index (χ0n) is 18.3. The Labute approximate surface area is 195 Å². The Bertz CT molecular complexity index is 1380. The molecule has 2 heterocycles. The predicted molar refractivity (Wildman–Crippen MR) is 128 cm³/mol. The number of rotatable bonds is 7. The van der Waals surface area contributed by atoms with Crippen LogP contribution < -0.4 is 0 Å². The number of aromatic nitrogens is 2. The van der Waals surface area contributed by atoms with Crippen molar-refractivity contribution in [1.29, 1.82) is 5.26 Å². The van der Waals surface area contributed by atoms with Crippen molar-refractivity contribution in [2.45, 2.75) is 26.2 Å². The van der Waals surface area contributed by atoms with Crippen LogP contribution in [0.4, 0.5) is 4.39 Å². The first-order valence-electron chi connectivity index (χ1n) is 11.0. The van der Waals surface area contributed by atoms with Crippen molar-refractivity contribution >= 4 is 28.1 Å². The van der Waals surface area contributed by atoms with Gasteiger partial charge in [0.05, 0.1) is 21.5 Å². The third-order valence-electron chi connectivity index (χ3n) is 6.03. The summed E-state index contributed by atoms with van der Waals surface area (Å²) in [7, 11) is 0. The van der Waals surface area contributed by atoms with Crippen LogP contribution in [0.2, 0.25) is 0 Å². The van der Waals surface area contributed by atoms with E-state index in [1.165, 1.54) is 23.5 Å². The minimum Gasteiger partial charge on any atom is -0.361 e. The zero-order chi connectivity index (χ0) is 22.9. The molecular formula is C26H23FN4OS. The number of hydrogen-bond acceptors (Lipinski definition) is 4. The number of hydrogen-bond donors (Lipinski definition) is 1. The SMILES string of the molecule is Cc1nc(C(=O)N(CCc2c[nH]c3ccc(F)cc23)CC2CC2)c(-c2cccc(C#N)c2)s1.